The van der Waals surface area contributed by atoms with E-state index in [0.717, 1.165) is 22.6 Å². The minimum atomic E-state index is -0.525. The second-order valence-electron chi connectivity index (χ2n) is 7.69. The van der Waals surface area contributed by atoms with Crippen molar-refractivity contribution in [2.75, 3.05) is 27.4 Å². The molecule has 6 heteroatoms. The summed E-state index contributed by atoms with van der Waals surface area (Å²) in [6.45, 7) is 5.11. The van der Waals surface area contributed by atoms with E-state index in [0.29, 0.717) is 25.0 Å². The molecular weight excluding hydrogens is 368 g/mol. The van der Waals surface area contributed by atoms with Crippen molar-refractivity contribution in [3.8, 4) is 11.5 Å². The lowest BCUT2D eigenvalue weighted by molar-refractivity contribution is 0.264. The molecule has 0 fully saturated rings. The SMILES string of the molecule is COc1ccc([C@@H]2COC(C(C)(C)C3=N[C@H](c4ccc(OC)cc4)CO3)=N2)cc1. The van der Waals surface area contributed by atoms with Gasteiger partial charge in [-0.15, -0.1) is 0 Å². The molecule has 2 aliphatic heterocycles. The van der Waals surface area contributed by atoms with Crippen LogP contribution in [0.15, 0.2) is 58.5 Å². The number of nitrogens with zero attached hydrogens (tertiary/aromatic N) is 2. The van der Waals surface area contributed by atoms with Crippen molar-refractivity contribution in [1.82, 2.24) is 0 Å². The average Bonchev–Trinajstić information content (AvgIpc) is 3.45. The van der Waals surface area contributed by atoms with E-state index >= 15 is 0 Å². The molecule has 2 aromatic carbocycles. The normalized spacial score (nSPS) is 21.1. The Morgan fingerprint density at radius 3 is 1.45 bits per heavy atom. The molecule has 29 heavy (non-hydrogen) atoms. The van der Waals surface area contributed by atoms with Crippen LogP contribution in [0, 0.1) is 5.41 Å². The van der Waals surface area contributed by atoms with Crippen LogP contribution in [0.3, 0.4) is 0 Å². The van der Waals surface area contributed by atoms with Crippen LogP contribution in [0.5, 0.6) is 11.5 Å². The first kappa shape index (κ1) is 19.3. The van der Waals surface area contributed by atoms with Crippen molar-refractivity contribution < 1.29 is 18.9 Å². The van der Waals surface area contributed by atoms with Gasteiger partial charge in [0.05, 0.1) is 14.2 Å². The standard InChI is InChI=1S/C23H26N2O4/c1-23(2,21-24-19(13-28-21)15-5-9-17(26-3)10-6-15)22-25-20(14-29-22)16-7-11-18(27-4)12-8-16/h5-12,19-20H,13-14H2,1-4H3/t19-,20-/m0/s1. The largest absolute Gasteiger partial charge is 0.497 e. The average molecular weight is 394 g/mol. The summed E-state index contributed by atoms with van der Waals surface area (Å²) in [7, 11) is 3.32. The Bertz CT molecular complexity index is 841. The van der Waals surface area contributed by atoms with Crippen LogP contribution in [-0.4, -0.2) is 39.2 Å². The van der Waals surface area contributed by atoms with Crippen LogP contribution in [0.25, 0.3) is 0 Å². The molecule has 2 aliphatic rings. The van der Waals surface area contributed by atoms with Gasteiger partial charge in [-0.2, -0.15) is 0 Å². The molecule has 0 N–H and O–H groups in total. The van der Waals surface area contributed by atoms with Gasteiger partial charge >= 0.3 is 0 Å². The summed E-state index contributed by atoms with van der Waals surface area (Å²) >= 11 is 0. The summed E-state index contributed by atoms with van der Waals surface area (Å²) in [6, 6.07) is 15.8. The highest BCUT2D eigenvalue weighted by Crippen LogP contribution is 2.36. The first-order chi connectivity index (χ1) is 14.0. The third kappa shape index (κ3) is 3.79. The van der Waals surface area contributed by atoms with Crippen LogP contribution in [0.1, 0.15) is 37.1 Å². The molecule has 0 radical (unpaired) electrons. The first-order valence-corrected chi connectivity index (χ1v) is 9.71. The number of methoxy groups -OCH3 is 2. The van der Waals surface area contributed by atoms with Gasteiger partial charge in [0.25, 0.3) is 0 Å². The number of benzene rings is 2. The number of ether oxygens (including phenoxy) is 4. The molecule has 0 spiro atoms. The van der Waals surface area contributed by atoms with Crippen molar-refractivity contribution in [1.29, 1.82) is 0 Å². The van der Waals surface area contributed by atoms with E-state index < -0.39 is 5.41 Å². The van der Waals surface area contributed by atoms with E-state index in [9.17, 15) is 0 Å². The Morgan fingerprint density at radius 1 is 0.724 bits per heavy atom. The topological polar surface area (TPSA) is 61.6 Å². The predicted molar refractivity (Wildman–Crippen MR) is 112 cm³/mol. The van der Waals surface area contributed by atoms with E-state index in [-0.39, 0.29) is 12.1 Å². The molecule has 0 saturated heterocycles. The third-order valence-electron chi connectivity index (χ3n) is 5.37. The van der Waals surface area contributed by atoms with E-state index in [2.05, 4.69) is 0 Å². The predicted octanol–water partition coefficient (Wildman–Crippen LogP) is 4.37. The maximum absolute atomic E-state index is 5.97. The van der Waals surface area contributed by atoms with E-state index in [1.54, 1.807) is 14.2 Å². The van der Waals surface area contributed by atoms with Gasteiger partial charge in [-0.3, -0.25) is 0 Å². The number of rotatable bonds is 6. The molecule has 2 aromatic rings. The molecule has 4 rings (SSSR count). The summed E-state index contributed by atoms with van der Waals surface area (Å²) < 4.78 is 22.4. The van der Waals surface area contributed by atoms with Gasteiger partial charge < -0.3 is 18.9 Å². The van der Waals surface area contributed by atoms with Crippen LogP contribution in [0.4, 0.5) is 0 Å². The monoisotopic (exact) mass is 394 g/mol. The van der Waals surface area contributed by atoms with Crippen LogP contribution in [0.2, 0.25) is 0 Å². The Balaban J connectivity index is 1.51. The second-order valence-corrected chi connectivity index (χ2v) is 7.69. The fourth-order valence-electron chi connectivity index (χ4n) is 3.52. The lowest BCUT2D eigenvalue weighted by Gasteiger charge is -2.22. The van der Waals surface area contributed by atoms with Gasteiger partial charge in [0.2, 0.25) is 0 Å². The first-order valence-electron chi connectivity index (χ1n) is 9.71. The maximum atomic E-state index is 5.97. The van der Waals surface area contributed by atoms with Gasteiger partial charge in [0.15, 0.2) is 11.8 Å². The molecule has 0 bridgehead atoms. The molecule has 0 aliphatic carbocycles. The molecule has 152 valence electrons. The van der Waals surface area contributed by atoms with Gasteiger partial charge in [-0.05, 0) is 49.2 Å². The fraction of sp³-hybridized carbons (Fsp3) is 0.391. The minimum absolute atomic E-state index is 0.0328. The molecule has 0 aromatic heterocycles. The lowest BCUT2D eigenvalue weighted by atomic mass is 9.93. The second kappa shape index (κ2) is 7.78. The van der Waals surface area contributed by atoms with Crippen molar-refractivity contribution >= 4 is 11.8 Å². The molecule has 0 saturated carbocycles. The summed E-state index contributed by atoms with van der Waals surface area (Å²) in [4.78, 5) is 9.65. The zero-order chi connectivity index (χ0) is 20.4. The Morgan fingerprint density at radius 2 is 1.10 bits per heavy atom. The smallest absolute Gasteiger partial charge is 0.199 e. The molecule has 0 amide bonds. The van der Waals surface area contributed by atoms with Crippen molar-refractivity contribution in [2.24, 2.45) is 15.4 Å². The molecular formula is C23H26N2O4. The van der Waals surface area contributed by atoms with Crippen LogP contribution in [-0.2, 0) is 9.47 Å². The highest BCUT2D eigenvalue weighted by Gasteiger charge is 2.41. The van der Waals surface area contributed by atoms with Gasteiger partial charge in [0, 0.05) is 0 Å². The Kier molecular flexibility index (Phi) is 5.18. The minimum Gasteiger partial charge on any atom is -0.497 e. The summed E-state index contributed by atoms with van der Waals surface area (Å²) in [5.41, 5.74) is 1.67. The highest BCUT2D eigenvalue weighted by atomic mass is 16.5. The van der Waals surface area contributed by atoms with E-state index in [1.807, 2.05) is 62.4 Å². The fourth-order valence-corrected chi connectivity index (χ4v) is 3.52. The van der Waals surface area contributed by atoms with Crippen molar-refractivity contribution in [3.63, 3.8) is 0 Å². The zero-order valence-corrected chi connectivity index (χ0v) is 17.2. The Hall–Kier alpha value is -3.02. The maximum Gasteiger partial charge on any atom is 0.199 e. The van der Waals surface area contributed by atoms with Gasteiger partial charge in [0.1, 0.15) is 42.2 Å². The van der Waals surface area contributed by atoms with Gasteiger partial charge in [-0.25, -0.2) is 9.98 Å². The van der Waals surface area contributed by atoms with Crippen LogP contribution < -0.4 is 9.47 Å². The third-order valence-corrected chi connectivity index (χ3v) is 5.37. The summed E-state index contributed by atoms with van der Waals surface area (Å²) in [5.74, 6) is 2.98. The van der Waals surface area contributed by atoms with E-state index in [1.165, 1.54) is 0 Å². The van der Waals surface area contributed by atoms with Crippen molar-refractivity contribution in [3.05, 3.63) is 59.7 Å². The Labute approximate surface area is 171 Å². The molecule has 0 unspecified atom stereocenters. The molecule has 2 heterocycles. The number of aliphatic imine (C=N–C) groups is 2. The summed E-state index contributed by atoms with van der Waals surface area (Å²) in [6.07, 6.45) is 0. The van der Waals surface area contributed by atoms with E-state index in [4.69, 9.17) is 28.9 Å². The summed E-state index contributed by atoms with van der Waals surface area (Å²) in [5, 5.41) is 0. The number of hydrogen-bond donors (Lipinski definition) is 0. The highest BCUT2D eigenvalue weighted by molar-refractivity contribution is 6.05. The zero-order valence-electron chi connectivity index (χ0n) is 17.2. The molecule has 6 nitrogen and oxygen atoms in total. The van der Waals surface area contributed by atoms with Crippen LogP contribution >= 0.6 is 0 Å². The molecule has 2 atom stereocenters. The van der Waals surface area contributed by atoms with Crippen molar-refractivity contribution in [2.45, 2.75) is 25.9 Å². The van der Waals surface area contributed by atoms with Gasteiger partial charge in [-0.1, -0.05) is 24.3 Å². The number of hydrogen-bond acceptors (Lipinski definition) is 6. The lowest BCUT2D eigenvalue weighted by Crippen LogP contribution is -2.34. The quantitative estimate of drug-likeness (QED) is 0.730.